The quantitative estimate of drug-likeness (QED) is 0.743. The molecule has 4 nitrogen and oxygen atoms in total. The summed E-state index contributed by atoms with van der Waals surface area (Å²) in [5.41, 5.74) is 1.13. The molecule has 0 bridgehead atoms. The Morgan fingerprint density at radius 2 is 1.83 bits per heavy atom. The lowest BCUT2D eigenvalue weighted by molar-refractivity contribution is -0.0663. The van der Waals surface area contributed by atoms with Gasteiger partial charge in [0, 0.05) is 12.8 Å². The van der Waals surface area contributed by atoms with Crippen molar-refractivity contribution in [3.05, 3.63) is 35.9 Å². The summed E-state index contributed by atoms with van der Waals surface area (Å²) < 4.78 is 33.1. The Morgan fingerprint density at radius 1 is 1.17 bits per heavy atom. The fourth-order valence-electron chi connectivity index (χ4n) is 1.80. The van der Waals surface area contributed by atoms with Gasteiger partial charge in [0.15, 0.2) is 0 Å². The topological polar surface area (TPSA) is 52.6 Å². The van der Waals surface area contributed by atoms with Gasteiger partial charge in [-0.25, -0.2) is 0 Å². The van der Waals surface area contributed by atoms with Crippen LogP contribution in [0.25, 0.3) is 0 Å². The van der Waals surface area contributed by atoms with Gasteiger partial charge in [-0.2, -0.15) is 8.42 Å². The molecule has 0 unspecified atom stereocenters. The molecule has 18 heavy (non-hydrogen) atoms. The fourth-order valence-corrected chi connectivity index (χ4v) is 2.50. The first-order chi connectivity index (χ1) is 8.59. The maximum atomic E-state index is 11.2. The van der Waals surface area contributed by atoms with Gasteiger partial charge >= 0.3 is 0 Å². The van der Waals surface area contributed by atoms with Crippen molar-refractivity contribution < 1.29 is 17.3 Å². The van der Waals surface area contributed by atoms with Crippen LogP contribution in [0.4, 0.5) is 0 Å². The van der Waals surface area contributed by atoms with Crippen LogP contribution < -0.4 is 0 Å². The molecule has 0 N–H and O–H groups in total. The standard InChI is InChI=1S/C13H18O4S/c1-2-18(14,15)17-13-8-12(9-13)16-10-11-6-4-3-5-7-11/h3-7,12-13H,2,8-10H2,1H3. The van der Waals surface area contributed by atoms with Crippen LogP contribution in [0.2, 0.25) is 0 Å². The molecule has 5 heteroatoms. The van der Waals surface area contributed by atoms with Crippen LogP contribution in [-0.4, -0.2) is 26.4 Å². The summed E-state index contributed by atoms with van der Waals surface area (Å²) in [6.45, 7) is 2.15. The van der Waals surface area contributed by atoms with E-state index in [1.54, 1.807) is 6.92 Å². The minimum atomic E-state index is -3.33. The van der Waals surface area contributed by atoms with Gasteiger partial charge in [0.05, 0.1) is 24.6 Å². The molecule has 0 aromatic heterocycles. The highest BCUT2D eigenvalue weighted by molar-refractivity contribution is 7.86. The summed E-state index contributed by atoms with van der Waals surface area (Å²) in [6.07, 6.45) is 1.23. The van der Waals surface area contributed by atoms with Gasteiger partial charge in [0.1, 0.15) is 0 Å². The van der Waals surface area contributed by atoms with Crippen molar-refractivity contribution in [2.75, 3.05) is 5.75 Å². The third-order valence-electron chi connectivity index (χ3n) is 3.02. The predicted octanol–water partition coefficient (Wildman–Crippen LogP) is 2.10. The molecule has 0 amide bonds. The maximum absolute atomic E-state index is 11.2. The molecule has 0 aliphatic heterocycles. The highest BCUT2D eigenvalue weighted by Gasteiger charge is 2.33. The number of hydrogen-bond donors (Lipinski definition) is 0. The largest absolute Gasteiger partial charge is 0.373 e. The Morgan fingerprint density at radius 3 is 2.44 bits per heavy atom. The van der Waals surface area contributed by atoms with Crippen LogP contribution in [0.5, 0.6) is 0 Å². The van der Waals surface area contributed by atoms with Crippen molar-refractivity contribution >= 4 is 10.1 Å². The summed E-state index contributed by atoms with van der Waals surface area (Å²) in [7, 11) is -3.33. The molecule has 1 aliphatic carbocycles. The van der Waals surface area contributed by atoms with E-state index in [0.29, 0.717) is 19.4 Å². The zero-order valence-electron chi connectivity index (χ0n) is 10.4. The number of hydrogen-bond acceptors (Lipinski definition) is 4. The summed E-state index contributed by atoms with van der Waals surface area (Å²) in [6, 6.07) is 9.92. The van der Waals surface area contributed by atoms with Crippen LogP contribution in [-0.2, 0) is 25.6 Å². The van der Waals surface area contributed by atoms with E-state index in [-0.39, 0.29) is 18.0 Å². The molecule has 1 saturated carbocycles. The van der Waals surface area contributed by atoms with E-state index < -0.39 is 10.1 Å². The van der Waals surface area contributed by atoms with Crippen LogP contribution in [0.15, 0.2) is 30.3 Å². The highest BCUT2D eigenvalue weighted by Crippen LogP contribution is 2.28. The zero-order chi connectivity index (χ0) is 13.0. The van der Waals surface area contributed by atoms with Gasteiger partial charge in [-0.3, -0.25) is 4.18 Å². The lowest BCUT2D eigenvalue weighted by atomic mass is 9.92. The third kappa shape index (κ3) is 3.80. The lowest BCUT2D eigenvalue weighted by Gasteiger charge is -2.34. The molecule has 0 heterocycles. The lowest BCUT2D eigenvalue weighted by Crippen LogP contribution is -2.39. The van der Waals surface area contributed by atoms with Crippen molar-refractivity contribution in [1.82, 2.24) is 0 Å². The molecule has 1 aromatic carbocycles. The van der Waals surface area contributed by atoms with Gasteiger partial charge in [-0.15, -0.1) is 0 Å². The predicted molar refractivity (Wildman–Crippen MR) is 68.6 cm³/mol. The first-order valence-electron chi connectivity index (χ1n) is 6.15. The van der Waals surface area contributed by atoms with E-state index in [9.17, 15) is 8.42 Å². The molecule has 0 saturated heterocycles. The second-order valence-electron chi connectivity index (χ2n) is 4.45. The summed E-state index contributed by atoms with van der Waals surface area (Å²) in [5, 5.41) is 0. The SMILES string of the molecule is CCS(=O)(=O)OC1CC(OCc2ccccc2)C1. The molecular weight excluding hydrogens is 252 g/mol. The average Bonchev–Trinajstić information content (AvgIpc) is 2.33. The maximum Gasteiger partial charge on any atom is 0.267 e. The van der Waals surface area contributed by atoms with Gasteiger partial charge in [0.25, 0.3) is 10.1 Å². The van der Waals surface area contributed by atoms with Crippen LogP contribution in [0, 0.1) is 0 Å². The van der Waals surface area contributed by atoms with Crippen molar-refractivity contribution in [1.29, 1.82) is 0 Å². The van der Waals surface area contributed by atoms with E-state index in [4.69, 9.17) is 8.92 Å². The van der Waals surface area contributed by atoms with E-state index in [1.165, 1.54) is 0 Å². The molecule has 1 aliphatic rings. The Balaban J connectivity index is 1.68. The van der Waals surface area contributed by atoms with Gasteiger partial charge < -0.3 is 4.74 Å². The summed E-state index contributed by atoms with van der Waals surface area (Å²) in [4.78, 5) is 0. The molecule has 0 radical (unpaired) electrons. The summed E-state index contributed by atoms with van der Waals surface area (Å²) >= 11 is 0. The first kappa shape index (κ1) is 13.5. The molecule has 100 valence electrons. The Hall–Kier alpha value is -0.910. The Labute approximate surface area is 108 Å². The molecule has 1 aromatic rings. The average molecular weight is 270 g/mol. The Bertz CT molecular complexity index is 463. The van der Waals surface area contributed by atoms with E-state index in [0.717, 1.165) is 5.56 Å². The fraction of sp³-hybridized carbons (Fsp3) is 0.538. The molecule has 0 atom stereocenters. The second kappa shape index (κ2) is 5.82. The minimum Gasteiger partial charge on any atom is -0.373 e. The molecule has 2 rings (SSSR count). The smallest absolute Gasteiger partial charge is 0.267 e. The zero-order valence-corrected chi connectivity index (χ0v) is 11.2. The highest BCUT2D eigenvalue weighted by atomic mass is 32.2. The first-order valence-corrected chi connectivity index (χ1v) is 7.73. The number of rotatable bonds is 6. The van der Waals surface area contributed by atoms with Gasteiger partial charge in [-0.1, -0.05) is 30.3 Å². The van der Waals surface area contributed by atoms with Crippen molar-refractivity contribution in [2.24, 2.45) is 0 Å². The monoisotopic (exact) mass is 270 g/mol. The van der Waals surface area contributed by atoms with E-state index in [2.05, 4.69) is 0 Å². The summed E-state index contributed by atoms with van der Waals surface area (Å²) in [5.74, 6) is 0.0268. The third-order valence-corrected chi connectivity index (χ3v) is 4.29. The van der Waals surface area contributed by atoms with Crippen molar-refractivity contribution in [2.45, 2.75) is 38.6 Å². The Kier molecular flexibility index (Phi) is 4.37. The number of benzene rings is 1. The van der Waals surface area contributed by atoms with E-state index in [1.807, 2.05) is 30.3 Å². The second-order valence-corrected chi connectivity index (χ2v) is 6.34. The molecule has 1 fully saturated rings. The van der Waals surface area contributed by atoms with Crippen molar-refractivity contribution in [3.8, 4) is 0 Å². The number of ether oxygens (including phenoxy) is 1. The molecular formula is C13H18O4S. The van der Waals surface area contributed by atoms with Gasteiger partial charge in [0.2, 0.25) is 0 Å². The van der Waals surface area contributed by atoms with Gasteiger partial charge in [-0.05, 0) is 12.5 Å². The van der Waals surface area contributed by atoms with Crippen LogP contribution >= 0.6 is 0 Å². The van der Waals surface area contributed by atoms with Crippen LogP contribution in [0.3, 0.4) is 0 Å². The van der Waals surface area contributed by atoms with Crippen LogP contribution in [0.1, 0.15) is 25.3 Å². The van der Waals surface area contributed by atoms with E-state index >= 15 is 0 Å². The molecule has 0 spiro atoms. The van der Waals surface area contributed by atoms with Crippen molar-refractivity contribution in [3.63, 3.8) is 0 Å². The minimum absolute atomic E-state index is 0.0268. The normalized spacial score (nSPS) is 23.6.